The van der Waals surface area contributed by atoms with Crippen LogP contribution in [0.3, 0.4) is 0 Å². The van der Waals surface area contributed by atoms with Crippen LogP contribution in [0.5, 0.6) is 0 Å². The minimum absolute atomic E-state index is 0.224. The third-order valence-corrected chi connectivity index (χ3v) is 3.24. The molecule has 1 aromatic rings. The number of rotatable bonds is 3. The van der Waals surface area contributed by atoms with E-state index in [1.165, 1.54) is 12.1 Å². The normalized spacial score (nSPS) is 23.0. The monoisotopic (exact) mass is 223 g/mol. The summed E-state index contributed by atoms with van der Waals surface area (Å²) >= 11 is 0. The van der Waals surface area contributed by atoms with Gasteiger partial charge in [0.1, 0.15) is 5.82 Å². The number of piperidine rings is 1. The van der Waals surface area contributed by atoms with E-state index in [1.54, 1.807) is 12.1 Å². The average molecular weight is 223 g/mol. The summed E-state index contributed by atoms with van der Waals surface area (Å²) < 4.78 is 12.7. The summed E-state index contributed by atoms with van der Waals surface area (Å²) in [4.78, 5) is 0. The first-order valence-electron chi connectivity index (χ1n) is 5.89. The highest BCUT2D eigenvalue weighted by Gasteiger charge is 2.21. The molecule has 0 aromatic heterocycles. The smallest absolute Gasteiger partial charge is 0.123 e. The van der Waals surface area contributed by atoms with Gasteiger partial charge in [0.05, 0.1) is 6.10 Å². The molecular formula is C13H18FNO. The number of hydrogen-bond donors (Lipinski definition) is 2. The highest BCUT2D eigenvalue weighted by atomic mass is 19.1. The Labute approximate surface area is 95.5 Å². The maximum absolute atomic E-state index is 12.7. The van der Waals surface area contributed by atoms with Crippen LogP contribution in [0.1, 0.15) is 18.4 Å². The number of nitrogens with one attached hydrogen (secondary N) is 1. The van der Waals surface area contributed by atoms with E-state index in [2.05, 4.69) is 5.32 Å². The molecule has 2 atom stereocenters. The molecule has 0 aliphatic carbocycles. The van der Waals surface area contributed by atoms with Crippen molar-refractivity contribution in [2.75, 3.05) is 13.1 Å². The first-order chi connectivity index (χ1) is 7.75. The zero-order chi connectivity index (χ0) is 11.4. The van der Waals surface area contributed by atoms with Gasteiger partial charge in [-0.1, -0.05) is 12.1 Å². The van der Waals surface area contributed by atoms with E-state index in [4.69, 9.17) is 0 Å². The number of aliphatic hydroxyl groups excluding tert-OH is 1. The van der Waals surface area contributed by atoms with Crippen molar-refractivity contribution in [1.29, 1.82) is 0 Å². The van der Waals surface area contributed by atoms with Crippen LogP contribution in [0.4, 0.5) is 4.39 Å². The Morgan fingerprint density at radius 2 is 2.12 bits per heavy atom. The summed E-state index contributed by atoms with van der Waals surface area (Å²) in [5, 5.41) is 13.4. The van der Waals surface area contributed by atoms with Crippen LogP contribution in [-0.2, 0) is 6.42 Å². The molecule has 0 radical (unpaired) electrons. The lowest BCUT2D eigenvalue weighted by molar-refractivity contribution is 0.0922. The Morgan fingerprint density at radius 3 is 2.75 bits per heavy atom. The number of benzene rings is 1. The fraction of sp³-hybridized carbons (Fsp3) is 0.538. The molecule has 1 aromatic carbocycles. The third kappa shape index (κ3) is 3.03. The minimum Gasteiger partial charge on any atom is -0.392 e. The van der Waals surface area contributed by atoms with Crippen LogP contribution < -0.4 is 5.32 Å². The van der Waals surface area contributed by atoms with Gasteiger partial charge in [-0.25, -0.2) is 4.39 Å². The van der Waals surface area contributed by atoms with Gasteiger partial charge >= 0.3 is 0 Å². The van der Waals surface area contributed by atoms with E-state index in [0.717, 1.165) is 31.5 Å². The van der Waals surface area contributed by atoms with Gasteiger partial charge in [-0.3, -0.25) is 0 Å². The molecular weight excluding hydrogens is 205 g/mol. The second kappa shape index (κ2) is 5.41. The standard InChI is InChI=1S/C13H18FNO/c14-12-5-3-10(4-6-12)8-13(16)11-2-1-7-15-9-11/h3-6,11,13,15-16H,1-2,7-9H2/t11-,13-/m0/s1. The van der Waals surface area contributed by atoms with Crippen molar-refractivity contribution in [2.24, 2.45) is 5.92 Å². The SMILES string of the molecule is O[C@@H](Cc1ccc(F)cc1)[C@H]1CCCNC1. The van der Waals surface area contributed by atoms with Gasteiger partial charge in [0, 0.05) is 6.54 Å². The lowest BCUT2D eigenvalue weighted by Crippen LogP contribution is -2.37. The molecule has 0 spiro atoms. The lowest BCUT2D eigenvalue weighted by atomic mass is 9.90. The van der Waals surface area contributed by atoms with Gasteiger partial charge in [0.2, 0.25) is 0 Å². The van der Waals surface area contributed by atoms with Gasteiger partial charge in [0.25, 0.3) is 0 Å². The molecule has 3 heteroatoms. The van der Waals surface area contributed by atoms with Gasteiger partial charge in [-0.2, -0.15) is 0 Å². The molecule has 2 nitrogen and oxygen atoms in total. The molecule has 1 aliphatic heterocycles. The Balaban J connectivity index is 1.90. The molecule has 0 bridgehead atoms. The molecule has 2 N–H and O–H groups in total. The van der Waals surface area contributed by atoms with Crippen molar-refractivity contribution < 1.29 is 9.50 Å². The van der Waals surface area contributed by atoms with E-state index in [1.807, 2.05) is 0 Å². The number of aliphatic hydroxyl groups is 1. The third-order valence-electron chi connectivity index (χ3n) is 3.24. The molecule has 1 saturated heterocycles. The number of hydrogen-bond acceptors (Lipinski definition) is 2. The van der Waals surface area contributed by atoms with Gasteiger partial charge in [-0.05, 0) is 49.4 Å². The first kappa shape index (κ1) is 11.6. The topological polar surface area (TPSA) is 32.3 Å². The molecule has 1 aliphatic rings. The maximum atomic E-state index is 12.7. The molecule has 88 valence electrons. The van der Waals surface area contributed by atoms with Crippen molar-refractivity contribution in [3.8, 4) is 0 Å². The highest BCUT2D eigenvalue weighted by molar-refractivity contribution is 5.17. The predicted molar refractivity (Wildman–Crippen MR) is 61.7 cm³/mol. The lowest BCUT2D eigenvalue weighted by Gasteiger charge is -2.27. The molecule has 2 rings (SSSR count). The van der Waals surface area contributed by atoms with Crippen LogP contribution in [0.25, 0.3) is 0 Å². The molecule has 0 unspecified atom stereocenters. The highest BCUT2D eigenvalue weighted by Crippen LogP contribution is 2.18. The van der Waals surface area contributed by atoms with Crippen LogP contribution >= 0.6 is 0 Å². The van der Waals surface area contributed by atoms with Gasteiger partial charge in [-0.15, -0.1) is 0 Å². The van der Waals surface area contributed by atoms with Gasteiger partial charge < -0.3 is 10.4 Å². The Morgan fingerprint density at radius 1 is 1.38 bits per heavy atom. The van der Waals surface area contributed by atoms with Crippen molar-refractivity contribution >= 4 is 0 Å². The summed E-state index contributed by atoms with van der Waals surface area (Å²) in [6.07, 6.45) is 2.51. The summed E-state index contributed by atoms with van der Waals surface area (Å²) in [7, 11) is 0. The zero-order valence-corrected chi connectivity index (χ0v) is 9.32. The van der Waals surface area contributed by atoms with Crippen molar-refractivity contribution in [1.82, 2.24) is 5.32 Å². The Bertz CT molecular complexity index is 319. The second-order valence-corrected chi connectivity index (χ2v) is 4.50. The fourth-order valence-corrected chi connectivity index (χ4v) is 2.24. The summed E-state index contributed by atoms with van der Waals surface area (Å²) in [5.41, 5.74) is 1.000. The second-order valence-electron chi connectivity index (χ2n) is 4.50. The van der Waals surface area contributed by atoms with E-state index >= 15 is 0 Å². The van der Waals surface area contributed by atoms with Crippen molar-refractivity contribution in [3.63, 3.8) is 0 Å². The molecule has 0 saturated carbocycles. The molecule has 1 fully saturated rings. The van der Waals surface area contributed by atoms with E-state index in [9.17, 15) is 9.50 Å². The largest absolute Gasteiger partial charge is 0.392 e. The van der Waals surface area contributed by atoms with Crippen LogP contribution in [0.2, 0.25) is 0 Å². The average Bonchev–Trinajstić information content (AvgIpc) is 2.33. The molecule has 1 heterocycles. The first-order valence-corrected chi connectivity index (χ1v) is 5.89. The number of halogens is 1. The van der Waals surface area contributed by atoms with E-state index in [0.29, 0.717) is 12.3 Å². The summed E-state index contributed by atoms with van der Waals surface area (Å²) in [5.74, 6) is 0.108. The zero-order valence-electron chi connectivity index (χ0n) is 9.32. The van der Waals surface area contributed by atoms with Crippen molar-refractivity contribution in [3.05, 3.63) is 35.6 Å². The predicted octanol–water partition coefficient (Wildman–Crippen LogP) is 1.73. The van der Waals surface area contributed by atoms with Crippen molar-refractivity contribution in [2.45, 2.75) is 25.4 Å². The maximum Gasteiger partial charge on any atom is 0.123 e. The van der Waals surface area contributed by atoms with E-state index in [-0.39, 0.29) is 11.9 Å². The fourth-order valence-electron chi connectivity index (χ4n) is 2.24. The van der Waals surface area contributed by atoms with E-state index < -0.39 is 0 Å². The quantitative estimate of drug-likeness (QED) is 0.818. The van der Waals surface area contributed by atoms with Crippen LogP contribution in [0, 0.1) is 11.7 Å². The summed E-state index contributed by atoms with van der Waals surface area (Å²) in [6, 6.07) is 6.38. The summed E-state index contributed by atoms with van der Waals surface area (Å²) in [6.45, 7) is 1.95. The Hall–Kier alpha value is -0.930. The minimum atomic E-state index is -0.321. The van der Waals surface area contributed by atoms with Crippen LogP contribution in [-0.4, -0.2) is 24.3 Å². The van der Waals surface area contributed by atoms with Crippen LogP contribution in [0.15, 0.2) is 24.3 Å². The molecule has 16 heavy (non-hydrogen) atoms. The van der Waals surface area contributed by atoms with Gasteiger partial charge in [0.15, 0.2) is 0 Å². The molecule has 0 amide bonds. The Kier molecular flexibility index (Phi) is 3.91.